The number of amides is 2. The van der Waals surface area contributed by atoms with Crippen LogP contribution in [0.25, 0.3) is 0 Å². The Hall–Kier alpha value is -1.66. The summed E-state index contributed by atoms with van der Waals surface area (Å²) in [4.78, 5) is 27.6. The maximum atomic E-state index is 12.9. The van der Waals surface area contributed by atoms with E-state index in [1.807, 2.05) is 44.2 Å². The number of rotatable bonds is 3. The molecule has 28 heavy (non-hydrogen) atoms. The lowest BCUT2D eigenvalue weighted by Gasteiger charge is -2.29. The molecule has 0 spiro atoms. The molecule has 2 aromatic carbocycles. The number of halogens is 2. The third-order valence-corrected chi connectivity index (χ3v) is 8.37. The predicted octanol–water partition coefficient (Wildman–Crippen LogP) is 5.52. The molecular weight excluding hydrogens is 486 g/mol. The van der Waals surface area contributed by atoms with E-state index in [-0.39, 0.29) is 33.3 Å². The second-order valence-corrected chi connectivity index (χ2v) is 9.90. The molecule has 146 valence electrons. The van der Waals surface area contributed by atoms with E-state index in [4.69, 9.17) is 4.74 Å². The average Bonchev–Trinajstić information content (AvgIpc) is 2.90. The lowest BCUT2D eigenvalue weighted by molar-refractivity contribution is -0.122. The molecule has 6 heteroatoms. The molecule has 4 rings (SSSR count). The van der Waals surface area contributed by atoms with Gasteiger partial charge in [0.15, 0.2) is 0 Å². The third kappa shape index (κ3) is 3.41. The zero-order valence-electron chi connectivity index (χ0n) is 15.7. The lowest BCUT2D eigenvalue weighted by Crippen LogP contribution is -2.34. The van der Waals surface area contributed by atoms with E-state index < -0.39 is 0 Å². The highest BCUT2D eigenvalue weighted by atomic mass is 79.9. The SMILES string of the molecule is Cc1cccc(C)c1Oc1ccc(N2C(=O)C3CC(Br)C(Br)CC3C2=O)cc1. The number of anilines is 1. The Balaban J connectivity index is 1.56. The van der Waals surface area contributed by atoms with Gasteiger partial charge in [0, 0.05) is 9.65 Å². The Labute approximate surface area is 181 Å². The van der Waals surface area contributed by atoms with Crippen LogP contribution in [-0.2, 0) is 9.59 Å². The molecule has 4 nitrogen and oxygen atoms in total. The molecule has 0 bridgehead atoms. The molecule has 1 heterocycles. The molecule has 4 unspecified atom stereocenters. The van der Waals surface area contributed by atoms with E-state index in [2.05, 4.69) is 31.9 Å². The zero-order chi connectivity index (χ0) is 20.0. The molecule has 0 aromatic heterocycles. The standard InChI is InChI=1S/C22H21Br2NO3/c1-12-4-3-5-13(2)20(12)28-15-8-6-14(7-9-15)25-21(26)16-10-18(23)19(24)11-17(16)22(25)27/h3-9,16-19H,10-11H2,1-2H3. The van der Waals surface area contributed by atoms with Gasteiger partial charge in [0.05, 0.1) is 17.5 Å². The molecular formula is C22H21Br2NO3. The number of aryl methyl sites for hydroxylation is 2. The Morgan fingerprint density at radius 1 is 0.857 bits per heavy atom. The van der Waals surface area contributed by atoms with Crippen molar-refractivity contribution in [2.75, 3.05) is 4.90 Å². The summed E-state index contributed by atoms with van der Waals surface area (Å²) in [6.45, 7) is 4.02. The van der Waals surface area contributed by atoms with Gasteiger partial charge in [-0.3, -0.25) is 14.5 Å². The van der Waals surface area contributed by atoms with Gasteiger partial charge in [-0.25, -0.2) is 0 Å². The minimum atomic E-state index is -0.240. The van der Waals surface area contributed by atoms with Crippen molar-refractivity contribution in [2.24, 2.45) is 11.8 Å². The normalized spacial score (nSPS) is 27.1. The molecule has 2 fully saturated rings. The highest BCUT2D eigenvalue weighted by molar-refractivity contribution is 9.12. The minimum Gasteiger partial charge on any atom is -0.457 e. The topological polar surface area (TPSA) is 46.6 Å². The molecule has 0 radical (unpaired) electrons. The Morgan fingerprint density at radius 3 is 1.86 bits per heavy atom. The first-order valence-electron chi connectivity index (χ1n) is 9.37. The number of alkyl halides is 2. The van der Waals surface area contributed by atoms with Crippen molar-refractivity contribution in [3.05, 3.63) is 53.6 Å². The second-order valence-electron chi connectivity index (χ2n) is 7.55. The summed E-state index contributed by atoms with van der Waals surface area (Å²) in [5.74, 6) is 0.844. The van der Waals surface area contributed by atoms with E-state index in [0.29, 0.717) is 24.3 Å². The van der Waals surface area contributed by atoms with Crippen molar-refractivity contribution in [2.45, 2.75) is 36.3 Å². The highest BCUT2D eigenvalue weighted by Crippen LogP contribution is 2.44. The van der Waals surface area contributed by atoms with Crippen LogP contribution in [-0.4, -0.2) is 21.5 Å². The largest absolute Gasteiger partial charge is 0.457 e. The number of carbonyl (C=O) groups is 2. The minimum absolute atomic E-state index is 0.0951. The number of para-hydroxylation sites is 1. The zero-order valence-corrected chi connectivity index (χ0v) is 18.9. The molecule has 0 N–H and O–H groups in total. The van der Waals surface area contributed by atoms with Crippen LogP contribution < -0.4 is 9.64 Å². The summed E-state index contributed by atoms with van der Waals surface area (Å²) < 4.78 is 6.03. The molecule has 2 amide bonds. The van der Waals surface area contributed by atoms with Gasteiger partial charge in [-0.2, -0.15) is 0 Å². The van der Waals surface area contributed by atoms with Crippen molar-refractivity contribution in [3.8, 4) is 11.5 Å². The molecule has 1 saturated carbocycles. The van der Waals surface area contributed by atoms with Crippen LogP contribution in [0.2, 0.25) is 0 Å². The van der Waals surface area contributed by atoms with Crippen LogP contribution in [0.4, 0.5) is 5.69 Å². The summed E-state index contributed by atoms with van der Waals surface area (Å²) in [5, 5.41) is 0. The quantitative estimate of drug-likeness (QED) is 0.406. The van der Waals surface area contributed by atoms with Gasteiger partial charge in [0.2, 0.25) is 11.8 Å². The lowest BCUT2D eigenvalue weighted by atomic mass is 9.81. The highest BCUT2D eigenvalue weighted by Gasteiger charge is 2.52. The Bertz CT molecular complexity index is 880. The maximum absolute atomic E-state index is 12.9. The van der Waals surface area contributed by atoms with Gasteiger partial charge in [0.1, 0.15) is 11.5 Å². The van der Waals surface area contributed by atoms with Gasteiger partial charge in [0.25, 0.3) is 0 Å². The molecule has 1 aliphatic carbocycles. The van der Waals surface area contributed by atoms with E-state index in [9.17, 15) is 9.59 Å². The molecule has 2 aromatic rings. The summed E-state index contributed by atoms with van der Waals surface area (Å²) in [5.41, 5.74) is 2.73. The number of hydrogen-bond acceptors (Lipinski definition) is 3. The third-order valence-electron chi connectivity index (χ3n) is 5.64. The summed E-state index contributed by atoms with van der Waals surface area (Å²) in [6.07, 6.45) is 1.35. The van der Waals surface area contributed by atoms with Crippen molar-refractivity contribution in [3.63, 3.8) is 0 Å². The fourth-order valence-electron chi connectivity index (χ4n) is 4.09. The fraction of sp³-hybridized carbons (Fsp3) is 0.364. The van der Waals surface area contributed by atoms with Crippen LogP contribution in [0.5, 0.6) is 11.5 Å². The van der Waals surface area contributed by atoms with Crippen molar-refractivity contribution < 1.29 is 14.3 Å². The van der Waals surface area contributed by atoms with Gasteiger partial charge in [-0.1, -0.05) is 50.1 Å². The first-order valence-corrected chi connectivity index (χ1v) is 11.2. The number of ether oxygens (including phenoxy) is 1. The van der Waals surface area contributed by atoms with Crippen molar-refractivity contribution in [1.82, 2.24) is 0 Å². The van der Waals surface area contributed by atoms with Crippen molar-refractivity contribution >= 4 is 49.4 Å². The van der Waals surface area contributed by atoms with Crippen LogP contribution in [0, 0.1) is 25.7 Å². The number of fused-ring (bicyclic) bond motifs is 1. The van der Waals surface area contributed by atoms with Crippen LogP contribution in [0.3, 0.4) is 0 Å². The van der Waals surface area contributed by atoms with Gasteiger partial charge in [-0.05, 0) is 62.1 Å². The molecule has 1 aliphatic heterocycles. The Morgan fingerprint density at radius 2 is 1.36 bits per heavy atom. The summed E-state index contributed by atoms with van der Waals surface area (Å²) in [6, 6.07) is 13.2. The van der Waals surface area contributed by atoms with Crippen LogP contribution >= 0.6 is 31.9 Å². The monoisotopic (exact) mass is 505 g/mol. The Kier molecular flexibility index (Phi) is 5.36. The summed E-state index contributed by atoms with van der Waals surface area (Å²) >= 11 is 7.24. The maximum Gasteiger partial charge on any atom is 0.237 e. The molecule has 4 atom stereocenters. The molecule has 2 aliphatic rings. The average molecular weight is 507 g/mol. The summed E-state index contributed by atoms with van der Waals surface area (Å²) in [7, 11) is 0. The first kappa shape index (κ1) is 19.6. The van der Waals surface area contributed by atoms with E-state index >= 15 is 0 Å². The van der Waals surface area contributed by atoms with Gasteiger partial charge < -0.3 is 4.74 Å². The van der Waals surface area contributed by atoms with Gasteiger partial charge in [-0.15, -0.1) is 0 Å². The van der Waals surface area contributed by atoms with E-state index in [1.165, 1.54) is 4.90 Å². The van der Waals surface area contributed by atoms with Crippen LogP contribution in [0.1, 0.15) is 24.0 Å². The molecule has 1 saturated heterocycles. The predicted molar refractivity (Wildman–Crippen MR) is 117 cm³/mol. The van der Waals surface area contributed by atoms with E-state index in [0.717, 1.165) is 16.9 Å². The second kappa shape index (κ2) is 7.64. The number of carbonyl (C=O) groups excluding carboxylic acids is 2. The van der Waals surface area contributed by atoms with E-state index in [1.54, 1.807) is 12.1 Å². The number of hydrogen-bond donors (Lipinski definition) is 0. The first-order chi connectivity index (χ1) is 13.4. The number of benzene rings is 2. The van der Waals surface area contributed by atoms with Crippen LogP contribution in [0.15, 0.2) is 42.5 Å². The fourth-order valence-corrected chi connectivity index (χ4v) is 5.33. The smallest absolute Gasteiger partial charge is 0.237 e. The number of nitrogens with zero attached hydrogens (tertiary/aromatic N) is 1. The van der Waals surface area contributed by atoms with Gasteiger partial charge >= 0.3 is 0 Å². The number of imide groups is 1. The van der Waals surface area contributed by atoms with Crippen molar-refractivity contribution in [1.29, 1.82) is 0 Å².